The molecule has 0 bridgehead atoms. The number of nitrogens with zero attached hydrogens (tertiary/aromatic N) is 4. The zero-order valence-electron chi connectivity index (χ0n) is 14.9. The van der Waals surface area contributed by atoms with Gasteiger partial charge in [0.2, 0.25) is 11.7 Å². The van der Waals surface area contributed by atoms with Crippen molar-refractivity contribution >= 4 is 11.4 Å². The molecule has 26 heavy (non-hydrogen) atoms. The van der Waals surface area contributed by atoms with E-state index in [4.69, 9.17) is 4.52 Å². The lowest BCUT2D eigenvalue weighted by Crippen LogP contribution is -2.29. The molecule has 1 aromatic carbocycles. The van der Waals surface area contributed by atoms with E-state index in [9.17, 15) is 10.1 Å². The Bertz CT molecular complexity index is 777. The highest BCUT2D eigenvalue weighted by molar-refractivity contribution is 5.71. The first-order chi connectivity index (χ1) is 12.7. The zero-order chi connectivity index (χ0) is 17.9. The largest absolute Gasteiger partial charge is 0.366 e. The molecule has 2 fully saturated rings. The predicted octanol–water partition coefficient (Wildman–Crippen LogP) is 4.68. The van der Waals surface area contributed by atoms with Crippen LogP contribution in [-0.4, -0.2) is 28.2 Å². The molecule has 1 aliphatic heterocycles. The van der Waals surface area contributed by atoms with Crippen LogP contribution in [0.25, 0.3) is 11.4 Å². The fourth-order valence-electron chi connectivity index (χ4n) is 4.08. The summed E-state index contributed by atoms with van der Waals surface area (Å²) in [6.45, 7) is 1.74. The van der Waals surface area contributed by atoms with Gasteiger partial charge in [-0.2, -0.15) is 4.98 Å². The Balaban J connectivity index is 1.61. The minimum absolute atomic E-state index is 0.119. The lowest BCUT2D eigenvalue weighted by molar-refractivity contribution is -0.384. The number of nitro groups is 1. The summed E-state index contributed by atoms with van der Waals surface area (Å²) in [5, 5.41) is 15.7. The molecule has 7 heteroatoms. The maximum atomic E-state index is 11.6. The van der Waals surface area contributed by atoms with Crippen molar-refractivity contribution in [3.63, 3.8) is 0 Å². The summed E-state index contributed by atoms with van der Waals surface area (Å²) in [6, 6.07) is 5.28. The van der Waals surface area contributed by atoms with E-state index >= 15 is 0 Å². The molecule has 0 N–H and O–H groups in total. The van der Waals surface area contributed by atoms with E-state index in [-0.39, 0.29) is 10.6 Å². The minimum atomic E-state index is -0.310. The monoisotopic (exact) mass is 356 g/mol. The molecule has 0 spiro atoms. The second-order valence-electron chi connectivity index (χ2n) is 7.30. The minimum Gasteiger partial charge on any atom is -0.366 e. The van der Waals surface area contributed by atoms with Crippen LogP contribution in [0.15, 0.2) is 22.7 Å². The maximum absolute atomic E-state index is 11.6. The highest BCUT2D eigenvalue weighted by atomic mass is 16.6. The number of hydrogen-bond acceptors (Lipinski definition) is 6. The molecule has 1 aromatic heterocycles. The number of aromatic nitrogens is 2. The second-order valence-corrected chi connectivity index (χ2v) is 7.30. The third kappa shape index (κ3) is 3.43. The molecule has 7 nitrogen and oxygen atoms in total. The van der Waals surface area contributed by atoms with Gasteiger partial charge in [-0.05, 0) is 44.2 Å². The fraction of sp³-hybridized carbons (Fsp3) is 0.579. The van der Waals surface area contributed by atoms with Crippen molar-refractivity contribution < 1.29 is 9.45 Å². The molecular formula is C19H24N4O3. The van der Waals surface area contributed by atoms with E-state index in [1.807, 2.05) is 12.1 Å². The van der Waals surface area contributed by atoms with Gasteiger partial charge in [-0.3, -0.25) is 10.1 Å². The Hall–Kier alpha value is -2.44. The summed E-state index contributed by atoms with van der Waals surface area (Å²) in [7, 11) is 0. The third-order valence-electron chi connectivity index (χ3n) is 5.52. The summed E-state index contributed by atoms with van der Waals surface area (Å²) in [5.74, 6) is 1.44. The molecule has 4 rings (SSSR count). The number of hydrogen-bond donors (Lipinski definition) is 0. The van der Waals surface area contributed by atoms with Crippen LogP contribution in [0.5, 0.6) is 0 Å². The first kappa shape index (κ1) is 17.0. The van der Waals surface area contributed by atoms with Crippen LogP contribution in [0.2, 0.25) is 0 Å². The van der Waals surface area contributed by atoms with E-state index in [0.29, 0.717) is 28.9 Å². The van der Waals surface area contributed by atoms with Gasteiger partial charge in [0.15, 0.2) is 0 Å². The van der Waals surface area contributed by atoms with Crippen LogP contribution in [0.3, 0.4) is 0 Å². The molecule has 0 amide bonds. The number of nitro benzene ring substituents is 1. The molecule has 2 aromatic rings. The Morgan fingerprint density at radius 2 is 1.81 bits per heavy atom. The zero-order valence-corrected chi connectivity index (χ0v) is 14.9. The second kappa shape index (κ2) is 7.43. The molecule has 0 atom stereocenters. The molecule has 2 heterocycles. The van der Waals surface area contributed by atoms with Crippen LogP contribution >= 0.6 is 0 Å². The standard InChI is InChI=1S/C19H24N4O3/c24-23(25)17-13-15(9-10-16(17)22-11-5-2-6-12-22)18-20-19(26-21-18)14-7-3-1-4-8-14/h9-10,13-14H,1-8,11-12H2. The molecule has 0 radical (unpaired) electrons. The van der Waals surface area contributed by atoms with Crippen LogP contribution in [-0.2, 0) is 0 Å². The lowest BCUT2D eigenvalue weighted by Gasteiger charge is -2.28. The molecule has 1 saturated heterocycles. The highest BCUT2D eigenvalue weighted by Crippen LogP contribution is 2.35. The maximum Gasteiger partial charge on any atom is 0.293 e. The van der Waals surface area contributed by atoms with Crippen molar-refractivity contribution in [1.82, 2.24) is 10.1 Å². The van der Waals surface area contributed by atoms with Crippen molar-refractivity contribution in [3.05, 3.63) is 34.2 Å². The molecule has 1 aliphatic carbocycles. The Morgan fingerprint density at radius 3 is 2.54 bits per heavy atom. The van der Waals surface area contributed by atoms with Crippen LogP contribution < -0.4 is 4.90 Å². The van der Waals surface area contributed by atoms with Crippen molar-refractivity contribution in [3.8, 4) is 11.4 Å². The number of benzene rings is 1. The Morgan fingerprint density at radius 1 is 1.08 bits per heavy atom. The SMILES string of the molecule is O=[N+]([O-])c1cc(-c2noc(C3CCCCC3)n2)ccc1N1CCCCC1. The lowest BCUT2D eigenvalue weighted by atomic mass is 9.89. The van der Waals surface area contributed by atoms with Crippen molar-refractivity contribution in [2.75, 3.05) is 18.0 Å². The van der Waals surface area contributed by atoms with Crippen molar-refractivity contribution in [1.29, 1.82) is 0 Å². The van der Waals surface area contributed by atoms with Crippen LogP contribution in [0, 0.1) is 10.1 Å². The van der Waals surface area contributed by atoms with Gasteiger partial charge in [-0.1, -0.05) is 24.4 Å². The predicted molar refractivity (Wildman–Crippen MR) is 98.3 cm³/mol. The van der Waals surface area contributed by atoms with Gasteiger partial charge in [0.05, 0.1) is 4.92 Å². The van der Waals surface area contributed by atoms with E-state index in [2.05, 4.69) is 15.0 Å². The van der Waals surface area contributed by atoms with Crippen LogP contribution in [0.4, 0.5) is 11.4 Å². The van der Waals surface area contributed by atoms with Gasteiger partial charge >= 0.3 is 0 Å². The normalized spacial score (nSPS) is 18.8. The number of anilines is 1. The van der Waals surface area contributed by atoms with E-state index in [1.165, 1.54) is 25.7 Å². The topological polar surface area (TPSA) is 85.3 Å². The first-order valence-corrected chi connectivity index (χ1v) is 9.60. The first-order valence-electron chi connectivity index (χ1n) is 9.60. The van der Waals surface area contributed by atoms with Gasteiger partial charge in [0, 0.05) is 30.6 Å². The molecular weight excluding hydrogens is 332 g/mol. The summed E-state index contributed by atoms with van der Waals surface area (Å²) < 4.78 is 5.46. The van der Waals surface area contributed by atoms with Crippen molar-refractivity contribution in [2.24, 2.45) is 0 Å². The smallest absolute Gasteiger partial charge is 0.293 e. The molecule has 2 aliphatic rings. The van der Waals surface area contributed by atoms with Gasteiger partial charge in [0.1, 0.15) is 5.69 Å². The van der Waals surface area contributed by atoms with Gasteiger partial charge in [-0.25, -0.2) is 0 Å². The fourth-order valence-corrected chi connectivity index (χ4v) is 4.08. The van der Waals surface area contributed by atoms with Gasteiger partial charge in [0.25, 0.3) is 5.69 Å². The number of piperidine rings is 1. The quantitative estimate of drug-likeness (QED) is 0.584. The Kier molecular flexibility index (Phi) is 4.86. The Labute approximate surface area is 152 Å². The summed E-state index contributed by atoms with van der Waals surface area (Å²) in [6.07, 6.45) is 9.15. The van der Waals surface area contributed by atoms with E-state index in [1.54, 1.807) is 6.07 Å². The highest BCUT2D eigenvalue weighted by Gasteiger charge is 2.25. The van der Waals surface area contributed by atoms with Gasteiger partial charge < -0.3 is 9.42 Å². The average Bonchev–Trinajstić information content (AvgIpc) is 3.19. The van der Waals surface area contributed by atoms with Crippen LogP contribution in [0.1, 0.15) is 63.2 Å². The van der Waals surface area contributed by atoms with Gasteiger partial charge in [-0.15, -0.1) is 0 Å². The third-order valence-corrected chi connectivity index (χ3v) is 5.52. The van der Waals surface area contributed by atoms with E-state index in [0.717, 1.165) is 38.8 Å². The summed E-state index contributed by atoms with van der Waals surface area (Å²) >= 11 is 0. The average molecular weight is 356 g/mol. The molecule has 1 saturated carbocycles. The molecule has 138 valence electrons. The van der Waals surface area contributed by atoms with Crippen molar-refractivity contribution in [2.45, 2.75) is 57.3 Å². The molecule has 0 unspecified atom stereocenters. The number of rotatable bonds is 4. The summed E-state index contributed by atoms with van der Waals surface area (Å²) in [5.41, 5.74) is 1.45. The summed E-state index contributed by atoms with van der Waals surface area (Å²) in [4.78, 5) is 17.9. The van der Waals surface area contributed by atoms with E-state index < -0.39 is 0 Å².